The van der Waals surface area contributed by atoms with E-state index in [0.29, 0.717) is 6.54 Å². The topological polar surface area (TPSA) is 102 Å². The Morgan fingerprint density at radius 2 is 1.72 bits per heavy atom. The maximum atomic E-state index is 12.3. The van der Waals surface area contributed by atoms with E-state index in [1.165, 1.54) is 24.1 Å². The van der Waals surface area contributed by atoms with Crippen LogP contribution in [0.25, 0.3) is 0 Å². The van der Waals surface area contributed by atoms with Crippen LogP contribution in [0.2, 0.25) is 0 Å². The van der Waals surface area contributed by atoms with Gasteiger partial charge in [0.05, 0.1) is 17.6 Å². The van der Waals surface area contributed by atoms with Crippen molar-refractivity contribution in [2.45, 2.75) is 6.54 Å². The Bertz CT molecular complexity index is 896. The summed E-state index contributed by atoms with van der Waals surface area (Å²) in [5.41, 5.74) is 1.60. The molecule has 0 atom stereocenters. The molecule has 0 fully saturated rings. The summed E-state index contributed by atoms with van der Waals surface area (Å²) in [4.78, 5) is 37.9. The maximum absolute atomic E-state index is 12.3. The molecule has 0 aliphatic rings. The van der Waals surface area contributed by atoms with Crippen LogP contribution in [0.1, 0.15) is 15.9 Å². The summed E-state index contributed by atoms with van der Waals surface area (Å²) in [6, 6.07) is 11.4. The van der Waals surface area contributed by atoms with E-state index in [1.807, 2.05) is 43.3 Å². The number of amides is 1. The summed E-state index contributed by atoms with van der Waals surface area (Å²) >= 11 is 0. The summed E-state index contributed by atoms with van der Waals surface area (Å²) in [6.07, 6.45) is 0. The van der Waals surface area contributed by atoms with Crippen molar-refractivity contribution in [1.82, 2.24) is 4.90 Å². The molecule has 2 rings (SSSR count). The number of esters is 1. The average molecular weight is 401 g/mol. The number of hydrogen-bond donors (Lipinski definition) is 0. The van der Waals surface area contributed by atoms with Gasteiger partial charge >= 0.3 is 11.7 Å². The van der Waals surface area contributed by atoms with Crippen LogP contribution in [-0.4, -0.2) is 56.6 Å². The molecule has 0 aliphatic carbocycles. The first-order chi connectivity index (χ1) is 13.7. The number of methoxy groups -OCH3 is 1. The smallest absolute Gasteiger partial charge is 0.338 e. The van der Waals surface area contributed by atoms with Gasteiger partial charge in [-0.05, 0) is 29.8 Å². The summed E-state index contributed by atoms with van der Waals surface area (Å²) in [5, 5.41) is 11.3. The number of likely N-dealkylation sites (N-methyl/N-ethyl adjacent to an activating group) is 1. The molecule has 0 N–H and O–H groups in total. The molecule has 29 heavy (non-hydrogen) atoms. The molecule has 9 heteroatoms. The number of benzene rings is 2. The van der Waals surface area contributed by atoms with E-state index < -0.39 is 16.6 Å². The SMILES string of the molecule is COC(=O)c1ccc(OCC(=O)N(C)Cc2ccc(N(C)C)cc2)c([N+](=O)[O-])c1. The number of rotatable bonds is 8. The zero-order valence-corrected chi connectivity index (χ0v) is 16.7. The maximum Gasteiger partial charge on any atom is 0.338 e. The molecule has 0 radical (unpaired) electrons. The van der Waals surface area contributed by atoms with E-state index in [9.17, 15) is 19.7 Å². The lowest BCUT2D eigenvalue weighted by Gasteiger charge is -2.18. The van der Waals surface area contributed by atoms with Gasteiger partial charge in [0.1, 0.15) is 0 Å². The Kier molecular flexibility index (Phi) is 7.13. The lowest BCUT2D eigenvalue weighted by molar-refractivity contribution is -0.385. The van der Waals surface area contributed by atoms with Crippen LogP contribution in [0, 0.1) is 10.1 Å². The molecular weight excluding hydrogens is 378 g/mol. The van der Waals surface area contributed by atoms with Crippen LogP contribution >= 0.6 is 0 Å². The molecule has 0 heterocycles. The van der Waals surface area contributed by atoms with E-state index in [0.717, 1.165) is 17.3 Å². The van der Waals surface area contributed by atoms with E-state index in [4.69, 9.17) is 4.74 Å². The van der Waals surface area contributed by atoms with Crippen LogP contribution in [0.5, 0.6) is 5.75 Å². The Hall–Kier alpha value is -3.62. The van der Waals surface area contributed by atoms with Gasteiger partial charge in [-0.3, -0.25) is 14.9 Å². The van der Waals surface area contributed by atoms with Crippen molar-refractivity contribution in [3.8, 4) is 5.75 Å². The largest absolute Gasteiger partial charge is 0.477 e. The number of anilines is 1. The summed E-state index contributed by atoms with van der Waals surface area (Å²) in [5.74, 6) is -1.14. The third-order valence-corrected chi connectivity index (χ3v) is 4.23. The molecule has 0 saturated carbocycles. The van der Waals surface area contributed by atoms with Gasteiger partial charge in [-0.25, -0.2) is 4.79 Å². The van der Waals surface area contributed by atoms with Crippen molar-refractivity contribution in [1.29, 1.82) is 0 Å². The second-order valence-electron chi connectivity index (χ2n) is 6.53. The van der Waals surface area contributed by atoms with E-state index >= 15 is 0 Å². The van der Waals surface area contributed by atoms with Gasteiger partial charge in [0, 0.05) is 39.4 Å². The Morgan fingerprint density at radius 3 is 2.28 bits per heavy atom. The highest BCUT2D eigenvalue weighted by molar-refractivity contribution is 5.90. The number of carbonyl (C=O) groups excluding carboxylic acids is 2. The monoisotopic (exact) mass is 401 g/mol. The van der Waals surface area contributed by atoms with Gasteiger partial charge in [0.2, 0.25) is 0 Å². The number of nitro benzene ring substituents is 1. The van der Waals surface area contributed by atoms with Crippen molar-refractivity contribution in [3.63, 3.8) is 0 Å². The number of nitro groups is 1. The minimum absolute atomic E-state index is 0.0242. The van der Waals surface area contributed by atoms with Gasteiger partial charge in [-0.1, -0.05) is 12.1 Å². The van der Waals surface area contributed by atoms with E-state index in [2.05, 4.69) is 4.74 Å². The molecule has 2 aromatic rings. The minimum atomic E-state index is -0.698. The zero-order valence-electron chi connectivity index (χ0n) is 16.7. The number of carbonyl (C=O) groups is 2. The predicted molar refractivity (Wildman–Crippen MR) is 107 cm³/mol. The quantitative estimate of drug-likeness (QED) is 0.380. The fraction of sp³-hybridized carbons (Fsp3) is 0.300. The number of hydrogen-bond acceptors (Lipinski definition) is 7. The second kappa shape index (κ2) is 9.54. The zero-order chi connectivity index (χ0) is 21.6. The summed E-state index contributed by atoms with van der Waals surface area (Å²) < 4.78 is 9.90. The molecule has 0 unspecified atom stereocenters. The van der Waals surface area contributed by atoms with Crippen LogP contribution < -0.4 is 9.64 Å². The molecule has 0 aliphatic heterocycles. The Morgan fingerprint density at radius 1 is 1.07 bits per heavy atom. The van der Waals surface area contributed by atoms with Crippen LogP contribution in [0.4, 0.5) is 11.4 Å². The molecule has 0 bridgehead atoms. The van der Waals surface area contributed by atoms with Crippen LogP contribution in [0.3, 0.4) is 0 Å². The minimum Gasteiger partial charge on any atom is -0.477 e. The third kappa shape index (κ3) is 5.68. The lowest BCUT2D eigenvalue weighted by atomic mass is 10.2. The molecule has 0 spiro atoms. The third-order valence-electron chi connectivity index (χ3n) is 4.23. The second-order valence-corrected chi connectivity index (χ2v) is 6.53. The first-order valence-electron chi connectivity index (χ1n) is 8.72. The molecular formula is C20H23N3O6. The van der Waals surface area contributed by atoms with Crippen molar-refractivity contribution in [2.24, 2.45) is 0 Å². The highest BCUT2D eigenvalue weighted by Crippen LogP contribution is 2.28. The molecule has 9 nitrogen and oxygen atoms in total. The highest BCUT2D eigenvalue weighted by Gasteiger charge is 2.20. The molecule has 0 saturated heterocycles. The van der Waals surface area contributed by atoms with Crippen molar-refractivity contribution < 1.29 is 24.0 Å². The molecule has 154 valence electrons. The first kappa shape index (κ1) is 21.7. The van der Waals surface area contributed by atoms with Gasteiger partial charge in [-0.15, -0.1) is 0 Å². The fourth-order valence-electron chi connectivity index (χ4n) is 2.54. The Labute approximate surface area is 168 Å². The van der Waals surface area contributed by atoms with Crippen molar-refractivity contribution >= 4 is 23.3 Å². The summed E-state index contributed by atoms with van der Waals surface area (Å²) in [6.45, 7) is 0.00393. The van der Waals surface area contributed by atoms with Crippen molar-refractivity contribution in [2.75, 3.05) is 39.8 Å². The predicted octanol–water partition coefficient (Wildman–Crippen LogP) is 2.48. The number of nitrogens with zero attached hydrogens (tertiary/aromatic N) is 3. The van der Waals surface area contributed by atoms with Crippen LogP contribution in [0.15, 0.2) is 42.5 Å². The normalized spacial score (nSPS) is 10.2. The average Bonchev–Trinajstić information content (AvgIpc) is 2.71. The highest BCUT2D eigenvalue weighted by atomic mass is 16.6. The lowest BCUT2D eigenvalue weighted by Crippen LogP contribution is -2.31. The molecule has 2 aromatic carbocycles. The summed E-state index contributed by atoms with van der Waals surface area (Å²) in [7, 11) is 6.69. The molecule has 0 aromatic heterocycles. The van der Waals surface area contributed by atoms with E-state index in [1.54, 1.807) is 7.05 Å². The number of ether oxygens (including phenoxy) is 2. The fourth-order valence-corrected chi connectivity index (χ4v) is 2.54. The van der Waals surface area contributed by atoms with Gasteiger partial charge in [0.25, 0.3) is 5.91 Å². The van der Waals surface area contributed by atoms with E-state index in [-0.39, 0.29) is 23.8 Å². The van der Waals surface area contributed by atoms with Gasteiger partial charge in [0.15, 0.2) is 12.4 Å². The first-order valence-corrected chi connectivity index (χ1v) is 8.72. The van der Waals surface area contributed by atoms with Crippen molar-refractivity contribution in [3.05, 3.63) is 63.7 Å². The van der Waals surface area contributed by atoms with Crippen LogP contribution in [-0.2, 0) is 16.1 Å². The van der Waals surface area contributed by atoms with Gasteiger partial charge < -0.3 is 19.3 Å². The Balaban J connectivity index is 2.02. The standard InChI is InChI=1S/C20H23N3O6/c1-21(2)16-8-5-14(6-9-16)12-22(3)19(24)13-29-18-10-7-15(20(25)28-4)11-17(18)23(26)27/h5-11H,12-13H2,1-4H3. The van der Waals surface area contributed by atoms with Gasteiger partial charge in [-0.2, -0.15) is 0 Å². The molecule has 1 amide bonds.